The molecule has 0 aliphatic heterocycles. The van der Waals surface area contributed by atoms with E-state index in [0.717, 1.165) is 38.0 Å². The molecule has 0 fully saturated rings. The summed E-state index contributed by atoms with van der Waals surface area (Å²) in [6, 6.07) is 13.5. The van der Waals surface area contributed by atoms with Crippen molar-refractivity contribution in [3.63, 3.8) is 0 Å². The van der Waals surface area contributed by atoms with Crippen LogP contribution in [0.4, 0.5) is 5.69 Å². The summed E-state index contributed by atoms with van der Waals surface area (Å²) in [5.74, 6) is -0.118. The monoisotopic (exact) mass is 280 g/mol. The molecular formula is C17H16N2O2. The lowest BCUT2D eigenvalue weighted by molar-refractivity contribution is -0.114. The largest absolute Gasteiger partial charge is 0.428 e. The number of carbonyl (C=O) groups is 1. The van der Waals surface area contributed by atoms with Gasteiger partial charge in [-0.1, -0.05) is 29.8 Å². The van der Waals surface area contributed by atoms with Gasteiger partial charge < -0.3 is 10.5 Å². The lowest BCUT2D eigenvalue weighted by Gasteiger charge is -2.10. The Morgan fingerprint density at radius 2 is 1.90 bits per heavy atom. The second-order valence-electron chi connectivity index (χ2n) is 5.13. The van der Waals surface area contributed by atoms with Gasteiger partial charge >= 0.3 is 0 Å². The summed E-state index contributed by atoms with van der Waals surface area (Å²) in [5.41, 5.74) is 4.36. The third-order valence-electron chi connectivity index (χ3n) is 3.47. The molecule has 0 saturated heterocycles. The third-order valence-corrected chi connectivity index (χ3v) is 3.47. The summed E-state index contributed by atoms with van der Waals surface area (Å²) in [5, 5.41) is 13.8. The Bertz CT molecular complexity index is 834. The number of carbonyl (C=O) groups excluding carboxylic acids is 1. The number of amides is 1. The van der Waals surface area contributed by atoms with Gasteiger partial charge in [0.05, 0.1) is 11.7 Å². The predicted molar refractivity (Wildman–Crippen MR) is 83.6 cm³/mol. The van der Waals surface area contributed by atoms with Gasteiger partial charge in [0.1, 0.15) is 0 Å². The van der Waals surface area contributed by atoms with Crippen LogP contribution in [0.5, 0.6) is 0 Å². The maximum Gasteiger partial charge on any atom is 0.221 e. The Hall–Kier alpha value is -2.75. The maximum absolute atomic E-state index is 11.4. The van der Waals surface area contributed by atoms with Crippen LogP contribution in [0.2, 0.25) is 0 Å². The standard InChI is InChI=1S/C17H16N2O2/c1-11-7-8-16(18-12(2)20)14(9-11)15-10-19(21)17-6-4-3-5-13(15)17/h3-10,21H,1-2H3,(H,18,20). The van der Waals surface area contributed by atoms with Crippen LogP contribution >= 0.6 is 0 Å². The number of nitrogens with one attached hydrogen (secondary N) is 1. The van der Waals surface area contributed by atoms with Crippen molar-refractivity contribution in [3.05, 3.63) is 54.2 Å². The Labute approximate surface area is 122 Å². The molecule has 1 amide bonds. The van der Waals surface area contributed by atoms with Crippen molar-refractivity contribution in [2.45, 2.75) is 13.8 Å². The lowest BCUT2D eigenvalue weighted by Crippen LogP contribution is -2.07. The van der Waals surface area contributed by atoms with Gasteiger partial charge in [0, 0.05) is 29.1 Å². The first-order valence-electron chi connectivity index (χ1n) is 6.74. The van der Waals surface area contributed by atoms with Gasteiger partial charge in [-0.05, 0) is 25.1 Å². The summed E-state index contributed by atoms with van der Waals surface area (Å²) in [7, 11) is 0. The molecule has 0 saturated carbocycles. The highest BCUT2D eigenvalue weighted by Gasteiger charge is 2.13. The Balaban J connectivity index is 2.27. The fourth-order valence-corrected chi connectivity index (χ4v) is 2.56. The van der Waals surface area contributed by atoms with Crippen LogP contribution in [0.1, 0.15) is 12.5 Å². The third kappa shape index (κ3) is 2.36. The first-order valence-corrected chi connectivity index (χ1v) is 6.74. The SMILES string of the molecule is CC(=O)Nc1ccc(C)cc1-c1cn(O)c2ccccc12. The van der Waals surface area contributed by atoms with Crippen LogP contribution in [0.3, 0.4) is 0 Å². The highest BCUT2D eigenvalue weighted by molar-refractivity contribution is 6.02. The molecule has 2 aromatic carbocycles. The number of hydrogen-bond donors (Lipinski definition) is 2. The molecular weight excluding hydrogens is 264 g/mol. The summed E-state index contributed by atoms with van der Waals surface area (Å²) in [6.45, 7) is 3.48. The Kier molecular flexibility index (Phi) is 3.14. The number of rotatable bonds is 2. The first-order chi connectivity index (χ1) is 10.1. The van der Waals surface area contributed by atoms with Gasteiger partial charge in [0.2, 0.25) is 5.91 Å². The molecule has 1 heterocycles. The molecule has 4 heteroatoms. The van der Waals surface area contributed by atoms with E-state index in [2.05, 4.69) is 5.32 Å². The summed E-state index contributed by atoms with van der Waals surface area (Å²) in [6.07, 6.45) is 1.67. The first kappa shape index (κ1) is 13.2. The summed E-state index contributed by atoms with van der Waals surface area (Å²) in [4.78, 5) is 11.4. The summed E-state index contributed by atoms with van der Waals surface area (Å²) >= 11 is 0. The van der Waals surface area contributed by atoms with E-state index in [4.69, 9.17) is 0 Å². The van der Waals surface area contributed by atoms with Crippen LogP contribution in [0.25, 0.3) is 22.0 Å². The molecule has 0 bridgehead atoms. The minimum atomic E-state index is -0.118. The molecule has 3 rings (SSSR count). The van der Waals surface area contributed by atoms with Crippen LogP contribution in [-0.4, -0.2) is 15.8 Å². The predicted octanol–water partition coefficient (Wildman–Crippen LogP) is 3.81. The number of aryl methyl sites for hydroxylation is 1. The molecule has 0 unspecified atom stereocenters. The van der Waals surface area contributed by atoms with Crippen molar-refractivity contribution in [3.8, 4) is 11.1 Å². The number of benzene rings is 2. The quantitative estimate of drug-likeness (QED) is 0.701. The smallest absolute Gasteiger partial charge is 0.221 e. The fraction of sp³-hybridized carbons (Fsp3) is 0.118. The van der Waals surface area contributed by atoms with E-state index in [1.165, 1.54) is 6.92 Å². The number of nitrogens with zero attached hydrogens (tertiary/aromatic N) is 1. The average Bonchev–Trinajstić information content (AvgIpc) is 2.78. The topological polar surface area (TPSA) is 54.3 Å². The fourth-order valence-electron chi connectivity index (χ4n) is 2.56. The molecule has 4 nitrogen and oxygen atoms in total. The second kappa shape index (κ2) is 4.98. The lowest BCUT2D eigenvalue weighted by atomic mass is 10.0. The zero-order valence-electron chi connectivity index (χ0n) is 11.9. The molecule has 3 aromatic rings. The maximum atomic E-state index is 11.4. The van der Waals surface area contributed by atoms with Gasteiger partial charge in [0.25, 0.3) is 0 Å². The van der Waals surface area contributed by atoms with E-state index in [1.54, 1.807) is 6.20 Å². The highest BCUT2D eigenvalue weighted by atomic mass is 16.5. The summed E-state index contributed by atoms with van der Waals surface area (Å²) < 4.78 is 1.12. The minimum absolute atomic E-state index is 0.118. The molecule has 0 atom stereocenters. The van der Waals surface area contributed by atoms with E-state index in [-0.39, 0.29) is 5.91 Å². The Morgan fingerprint density at radius 3 is 2.67 bits per heavy atom. The number of aromatic nitrogens is 1. The molecule has 0 aliphatic carbocycles. The molecule has 106 valence electrons. The minimum Gasteiger partial charge on any atom is -0.428 e. The van der Waals surface area contributed by atoms with E-state index in [9.17, 15) is 10.0 Å². The average molecular weight is 280 g/mol. The van der Waals surface area contributed by atoms with Crippen molar-refractivity contribution in [1.82, 2.24) is 4.73 Å². The molecule has 1 aromatic heterocycles. The Morgan fingerprint density at radius 1 is 1.14 bits per heavy atom. The number of para-hydroxylation sites is 1. The highest BCUT2D eigenvalue weighted by Crippen LogP contribution is 2.35. The number of anilines is 1. The van der Waals surface area contributed by atoms with Crippen molar-refractivity contribution in [1.29, 1.82) is 0 Å². The molecule has 21 heavy (non-hydrogen) atoms. The zero-order valence-corrected chi connectivity index (χ0v) is 11.9. The molecule has 0 aliphatic rings. The van der Waals surface area contributed by atoms with Crippen LogP contribution in [0, 0.1) is 6.92 Å². The number of hydrogen-bond acceptors (Lipinski definition) is 2. The van der Waals surface area contributed by atoms with Gasteiger partial charge in [-0.25, -0.2) is 0 Å². The van der Waals surface area contributed by atoms with Crippen molar-refractivity contribution in [2.75, 3.05) is 5.32 Å². The van der Waals surface area contributed by atoms with E-state index in [0.29, 0.717) is 0 Å². The molecule has 2 N–H and O–H groups in total. The van der Waals surface area contributed by atoms with Crippen molar-refractivity contribution >= 4 is 22.5 Å². The van der Waals surface area contributed by atoms with Crippen molar-refractivity contribution < 1.29 is 10.0 Å². The van der Waals surface area contributed by atoms with E-state index in [1.807, 2.05) is 49.4 Å². The van der Waals surface area contributed by atoms with Gasteiger partial charge in [-0.2, -0.15) is 4.73 Å². The van der Waals surface area contributed by atoms with Gasteiger partial charge in [-0.15, -0.1) is 0 Å². The van der Waals surface area contributed by atoms with Gasteiger partial charge in [0.15, 0.2) is 0 Å². The number of fused-ring (bicyclic) bond motifs is 1. The van der Waals surface area contributed by atoms with E-state index < -0.39 is 0 Å². The van der Waals surface area contributed by atoms with Gasteiger partial charge in [-0.3, -0.25) is 4.79 Å². The van der Waals surface area contributed by atoms with Crippen molar-refractivity contribution in [2.24, 2.45) is 0 Å². The normalized spacial score (nSPS) is 10.8. The van der Waals surface area contributed by atoms with Crippen LogP contribution < -0.4 is 5.32 Å². The second-order valence-corrected chi connectivity index (χ2v) is 5.13. The van der Waals surface area contributed by atoms with E-state index >= 15 is 0 Å². The van der Waals surface area contributed by atoms with Crippen LogP contribution in [-0.2, 0) is 4.79 Å². The zero-order chi connectivity index (χ0) is 15.0. The molecule has 0 spiro atoms. The molecule has 0 radical (unpaired) electrons. The van der Waals surface area contributed by atoms with Crippen LogP contribution in [0.15, 0.2) is 48.7 Å².